The predicted octanol–water partition coefficient (Wildman–Crippen LogP) is 2.49. The van der Waals surface area contributed by atoms with Gasteiger partial charge in [0, 0.05) is 18.6 Å². The van der Waals surface area contributed by atoms with Crippen molar-refractivity contribution in [2.75, 3.05) is 19.6 Å². The maximum Gasteiger partial charge on any atom is 0.0261 e. The first kappa shape index (κ1) is 13.0. The van der Waals surface area contributed by atoms with E-state index >= 15 is 0 Å². The molecule has 1 rings (SSSR count). The molecular weight excluding hydrogens is 184 g/mol. The van der Waals surface area contributed by atoms with Crippen molar-refractivity contribution < 1.29 is 0 Å². The second-order valence-corrected chi connectivity index (χ2v) is 5.05. The van der Waals surface area contributed by atoms with E-state index in [1.165, 1.54) is 38.9 Å². The van der Waals surface area contributed by atoms with Crippen LogP contribution in [0.3, 0.4) is 0 Å². The molecule has 0 aromatic rings. The van der Waals surface area contributed by atoms with Crippen LogP contribution < -0.4 is 5.32 Å². The first-order chi connectivity index (χ1) is 7.20. The molecule has 1 fully saturated rings. The van der Waals surface area contributed by atoms with Crippen molar-refractivity contribution in [2.24, 2.45) is 5.92 Å². The van der Waals surface area contributed by atoms with Crippen molar-refractivity contribution in [3.8, 4) is 0 Å². The average Bonchev–Trinajstić information content (AvgIpc) is 2.65. The van der Waals surface area contributed by atoms with Crippen LogP contribution >= 0.6 is 0 Å². The molecule has 0 aromatic heterocycles. The van der Waals surface area contributed by atoms with Crippen LogP contribution in [0.1, 0.15) is 47.0 Å². The third-order valence-electron chi connectivity index (χ3n) is 3.83. The molecule has 0 spiro atoms. The third-order valence-corrected chi connectivity index (χ3v) is 3.83. The lowest BCUT2D eigenvalue weighted by molar-refractivity contribution is 0.123. The molecule has 2 nitrogen and oxygen atoms in total. The van der Waals surface area contributed by atoms with Crippen LogP contribution in [0, 0.1) is 5.92 Å². The van der Waals surface area contributed by atoms with Gasteiger partial charge in [0.15, 0.2) is 0 Å². The molecule has 15 heavy (non-hydrogen) atoms. The topological polar surface area (TPSA) is 15.3 Å². The Kier molecular flexibility index (Phi) is 5.62. The Bertz CT molecular complexity index is 170. The molecule has 1 N–H and O–H groups in total. The minimum Gasteiger partial charge on any atom is -0.315 e. The summed E-state index contributed by atoms with van der Waals surface area (Å²) in [6.45, 7) is 13.0. The lowest BCUT2D eigenvalue weighted by Crippen LogP contribution is -2.45. The summed E-state index contributed by atoms with van der Waals surface area (Å²) in [6.07, 6.45) is 3.92. The zero-order valence-electron chi connectivity index (χ0n) is 10.9. The van der Waals surface area contributed by atoms with E-state index in [1.807, 2.05) is 0 Å². The summed E-state index contributed by atoms with van der Waals surface area (Å²) >= 11 is 0. The predicted molar refractivity (Wildman–Crippen MR) is 67.2 cm³/mol. The summed E-state index contributed by atoms with van der Waals surface area (Å²) in [5.41, 5.74) is 0. The minimum absolute atomic E-state index is 0.740. The van der Waals surface area contributed by atoms with E-state index in [0.717, 1.165) is 18.0 Å². The third kappa shape index (κ3) is 3.46. The van der Waals surface area contributed by atoms with Crippen LogP contribution in [0.5, 0.6) is 0 Å². The van der Waals surface area contributed by atoms with Crippen molar-refractivity contribution >= 4 is 0 Å². The number of nitrogens with zero attached hydrogens (tertiary/aromatic N) is 1. The number of unbranched alkanes of at least 4 members (excludes halogenated alkanes) is 1. The van der Waals surface area contributed by atoms with Crippen molar-refractivity contribution in [2.45, 2.75) is 59.0 Å². The summed E-state index contributed by atoms with van der Waals surface area (Å²) in [4.78, 5) is 2.73. The van der Waals surface area contributed by atoms with Gasteiger partial charge in [-0.25, -0.2) is 0 Å². The van der Waals surface area contributed by atoms with E-state index in [9.17, 15) is 0 Å². The summed E-state index contributed by atoms with van der Waals surface area (Å²) in [7, 11) is 0. The number of nitrogens with one attached hydrogen (secondary N) is 1. The Morgan fingerprint density at radius 3 is 2.53 bits per heavy atom. The maximum absolute atomic E-state index is 3.52. The molecule has 1 aliphatic heterocycles. The van der Waals surface area contributed by atoms with Crippen LogP contribution in [0.15, 0.2) is 0 Å². The largest absolute Gasteiger partial charge is 0.315 e. The highest BCUT2D eigenvalue weighted by Gasteiger charge is 2.30. The van der Waals surface area contributed by atoms with Gasteiger partial charge in [0.2, 0.25) is 0 Å². The molecule has 2 heteroatoms. The van der Waals surface area contributed by atoms with Gasteiger partial charge in [-0.3, -0.25) is 4.90 Å². The van der Waals surface area contributed by atoms with Gasteiger partial charge in [0.05, 0.1) is 0 Å². The van der Waals surface area contributed by atoms with E-state index in [1.54, 1.807) is 0 Å². The van der Waals surface area contributed by atoms with Crippen LogP contribution in [0.2, 0.25) is 0 Å². The minimum atomic E-state index is 0.740. The van der Waals surface area contributed by atoms with Gasteiger partial charge < -0.3 is 5.32 Å². The molecule has 1 heterocycles. The Morgan fingerprint density at radius 1 is 1.33 bits per heavy atom. The molecule has 0 aliphatic carbocycles. The molecule has 0 saturated carbocycles. The van der Waals surface area contributed by atoms with E-state index in [4.69, 9.17) is 0 Å². The highest BCUT2D eigenvalue weighted by Crippen LogP contribution is 2.19. The molecule has 0 radical (unpaired) electrons. The quantitative estimate of drug-likeness (QED) is 0.728. The molecule has 0 amide bonds. The van der Waals surface area contributed by atoms with Crippen LogP contribution in [0.4, 0.5) is 0 Å². The normalized spacial score (nSPS) is 28.6. The second-order valence-electron chi connectivity index (χ2n) is 5.05. The van der Waals surface area contributed by atoms with E-state index in [2.05, 4.69) is 37.9 Å². The highest BCUT2D eigenvalue weighted by atomic mass is 15.2. The Balaban J connectivity index is 2.53. The molecule has 3 unspecified atom stereocenters. The van der Waals surface area contributed by atoms with Crippen LogP contribution in [-0.2, 0) is 0 Å². The van der Waals surface area contributed by atoms with Crippen molar-refractivity contribution in [3.05, 3.63) is 0 Å². The summed E-state index contributed by atoms with van der Waals surface area (Å²) < 4.78 is 0. The summed E-state index contributed by atoms with van der Waals surface area (Å²) in [5.74, 6) is 0.816. The lowest BCUT2D eigenvalue weighted by Gasteiger charge is -2.36. The molecular formula is C13H28N2. The Morgan fingerprint density at radius 2 is 2.07 bits per heavy atom. The van der Waals surface area contributed by atoms with Gasteiger partial charge >= 0.3 is 0 Å². The van der Waals surface area contributed by atoms with Gasteiger partial charge in [-0.15, -0.1) is 0 Å². The Labute approximate surface area is 95.4 Å². The van der Waals surface area contributed by atoms with Crippen molar-refractivity contribution in [1.82, 2.24) is 10.2 Å². The molecule has 0 bridgehead atoms. The SMILES string of the molecule is CCCCN(C(C)CC)C1CNCC1C. The standard InChI is InChI=1S/C13H28N2/c1-5-7-8-15(12(4)6-2)13-10-14-9-11(13)3/h11-14H,5-10H2,1-4H3. The van der Waals surface area contributed by atoms with Gasteiger partial charge in [0.1, 0.15) is 0 Å². The molecule has 1 saturated heterocycles. The van der Waals surface area contributed by atoms with E-state index in [-0.39, 0.29) is 0 Å². The summed E-state index contributed by atoms with van der Waals surface area (Å²) in [5, 5.41) is 3.52. The van der Waals surface area contributed by atoms with Crippen molar-refractivity contribution in [1.29, 1.82) is 0 Å². The monoisotopic (exact) mass is 212 g/mol. The van der Waals surface area contributed by atoms with Crippen LogP contribution in [0.25, 0.3) is 0 Å². The fourth-order valence-corrected chi connectivity index (χ4v) is 2.53. The van der Waals surface area contributed by atoms with Crippen LogP contribution in [-0.4, -0.2) is 36.6 Å². The second kappa shape index (κ2) is 6.49. The molecule has 0 aromatic carbocycles. The van der Waals surface area contributed by atoms with Gasteiger partial charge in [-0.2, -0.15) is 0 Å². The van der Waals surface area contributed by atoms with Gasteiger partial charge in [-0.05, 0) is 38.8 Å². The van der Waals surface area contributed by atoms with Gasteiger partial charge in [-0.1, -0.05) is 27.2 Å². The lowest BCUT2D eigenvalue weighted by atomic mass is 10.0. The molecule has 3 atom stereocenters. The van der Waals surface area contributed by atoms with Gasteiger partial charge in [0.25, 0.3) is 0 Å². The average molecular weight is 212 g/mol. The fraction of sp³-hybridized carbons (Fsp3) is 1.00. The molecule has 1 aliphatic rings. The van der Waals surface area contributed by atoms with E-state index in [0.29, 0.717) is 0 Å². The number of hydrogen-bond acceptors (Lipinski definition) is 2. The van der Waals surface area contributed by atoms with E-state index < -0.39 is 0 Å². The first-order valence-corrected chi connectivity index (χ1v) is 6.67. The summed E-state index contributed by atoms with van der Waals surface area (Å²) in [6, 6.07) is 1.51. The first-order valence-electron chi connectivity index (χ1n) is 6.67. The number of hydrogen-bond donors (Lipinski definition) is 1. The highest BCUT2D eigenvalue weighted by molar-refractivity contribution is 4.88. The molecule has 90 valence electrons. The zero-order chi connectivity index (χ0) is 11.3. The van der Waals surface area contributed by atoms with Crippen molar-refractivity contribution in [3.63, 3.8) is 0 Å². The fourth-order valence-electron chi connectivity index (χ4n) is 2.53. The number of rotatable bonds is 6. The maximum atomic E-state index is 3.52. The smallest absolute Gasteiger partial charge is 0.0261 e. The Hall–Kier alpha value is -0.0800. The zero-order valence-corrected chi connectivity index (χ0v) is 10.9.